The molecule has 0 aliphatic carbocycles. The molecule has 27 heavy (non-hydrogen) atoms. The summed E-state index contributed by atoms with van der Waals surface area (Å²) in [6.07, 6.45) is 5.32. The summed E-state index contributed by atoms with van der Waals surface area (Å²) in [5.41, 5.74) is -0.514. The summed E-state index contributed by atoms with van der Waals surface area (Å²) in [4.78, 5) is 52.1. The quantitative estimate of drug-likeness (QED) is 0.523. The molecule has 150 valence electrons. The number of piperidine rings is 1. The molecule has 0 bridgehead atoms. The van der Waals surface area contributed by atoms with E-state index in [9.17, 15) is 19.2 Å². The summed E-state index contributed by atoms with van der Waals surface area (Å²) in [6, 6.07) is -0.523. The summed E-state index contributed by atoms with van der Waals surface area (Å²) >= 11 is 0. The molecule has 0 aromatic heterocycles. The van der Waals surface area contributed by atoms with Crippen LogP contribution in [0.2, 0.25) is 0 Å². The predicted molar refractivity (Wildman–Crippen MR) is 95.9 cm³/mol. The van der Waals surface area contributed by atoms with Crippen LogP contribution in [0, 0.1) is 0 Å². The highest BCUT2D eigenvalue weighted by atomic mass is 16.6. The van der Waals surface area contributed by atoms with Crippen molar-refractivity contribution in [3.8, 4) is 0 Å². The predicted octanol–water partition coefficient (Wildman–Crippen LogP) is 0.932. The molecule has 3 heterocycles. The van der Waals surface area contributed by atoms with E-state index in [1.807, 2.05) is 0 Å². The molecule has 0 aromatic rings. The van der Waals surface area contributed by atoms with E-state index in [1.54, 1.807) is 9.80 Å². The molecule has 3 fully saturated rings. The van der Waals surface area contributed by atoms with E-state index in [2.05, 4.69) is 12.2 Å². The summed E-state index contributed by atoms with van der Waals surface area (Å²) in [5.74, 6) is -0.638. The lowest BCUT2D eigenvalue weighted by atomic mass is 9.91. The first-order valence-corrected chi connectivity index (χ1v) is 9.78. The van der Waals surface area contributed by atoms with Gasteiger partial charge in [0.1, 0.15) is 12.1 Å². The highest BCUT2D eigenvalue weighted by molar-refractivity contribution is 6.04. The fourth-order valence-electron chi connectivity index (χ4n) is 3.87. The average molecular weight is 380 g/mol. The Kier molecular flexibility index (Phi) is 5.86. The van der Waals surface area contributed by atoms with Gasteiger partial charge in [0.05, 0.1) is 13.1 Å². The molecule has 0 saturated carbocycles. The first kappa shape index (κ1) is 19.4. The highest BCUT2D eigenvalue weighted by Gasteiger charge is 2.47. The number of nitrogens with zero attached hydrogens (tertiary/aromatic N) is 3. The first-order chi connectivity index (χ1) is 12.9. The van der Waals surface area contributed by atoms with Gasteiger partial charge in [-0.25, -0.2) is 9.59 Å². The minimum Gasteiger partial charge on any atom is -0.441 e. The second-order valence-corrected chi connectivity index (χ2v) is 7.55. The van der Waals surface area contributed by atoms with Gasteiger partial charge in [0, 0.05) is 32.5 Å². The Balaban J connectivity index is 1.47. The van der Waals surface area contributed by atoms with Gasteiger partial charge in [0.2, 0.25) is 5.91 Å². The third-order valence-corrected chi connectivity index (χ3v) is 5.58. The van der Waals surface area contributed by atoms with Gasteiger partial charge < -0.3 is 19.9 Å². The molecule has 0 aromatic carbocycles. The third kappa shape index (κ3) is 4.33. The Morgan fingerprint density at radius 1 is 1.15 bits per heavy atom. The van der Waals surface area contributed by atoms with Crippen molar-refractivity contribution in [2.24, 2.45) is 0 Å². The van der Waals surface area contributed by atoms with E-state index >= 15 is 0 Å². The smallest absolute Gasteiger partial charge is 0.410 e. The molecule has 3 aliphatic rings. The number of amides is 5. The molecule has 0 unspecified atom stereocenters. The van der Waals surface area contributed by atoms with Gasteiger partial charge in [0.25, 0.3) is 5.91 Å². The van der Waals surface area contributed by atoms with Crippen LogP contribution in [-0.2, 0) is 14.3 Å². The Morgan fingerprint density at radius 3 is 2.52 bits per heavy atom. The standard InChI is InChI=1S/C18H28N4O5/c1-2-3-4-5-8-21-13-18(27-17(21)26)6-9-20(10-7-18)15(24)12-22-14(23)11-19-16(22)25/h2-13H2,1H3,(H,19,25). The van der Waals surface area contributed by atoms with E-state index in [4.69, 9.17) is 4.74 Å². The van der Waals surface area contributed by atoms with Crippen LogP contribution in [-0.4, -0.2) is 83.5 Å². The van der Waals surface area contributed by atoms with Crippen LogP contribution >= 0.6 is 0 Å². The van der Waals surface area contributed by atoms with Crippen LogP contribution in [0.4, 0.5) is 9.59 Å². The third-order valence-electron chi connectivity index (χ3n) is 5.58. The number of rotatable bonds is 7. The zero-order valence-corrected chi connectivity index (χ0v) is 15.9. The molecule has 3 saturated heterocycles. The van der Waals surface area contributed by atoms with E-state index in [0.717, 1.165) is 30.7 Å². The van der Waals surface area contributed by atoms with Gasteiger partial charge in [-0.05, 0) is 6.42 Å². The fourth-order valence-corrected chi connectivity index (χ4v) is 3.87. The highest BCUT2D eigenvalue weighted by Crippen LogP contribution is 2.33. The molecule has 9 nitrogen and oxygen atoms in total. The molecule has 0 radical (unpaired) electrons. The summed E-state index contributed by atoms with van der Waals surface area (Å²) < 4.78 is 5.68. The van der Waals surface area contributed by atoms with Crippen molar-refractivity contribution in [1.29, 1.82) is 0 Å². The maximum atomic E-state index is 12.4. The van der Waals surface area contributed by atoms with Crippen molar-refractivity contribution in [3.05, 3.63) is 0 Å². The summed E-state index contributed by atoms with van der Waals surface area (Å²) in [5, 5.41) is 2.41. The molecule has 1 N–H and O–H groups in total. The minimum absolute atomic E-state index is 0.0563. The van der Waals surface area contributed by atoms with Crippen LogP contribution < -0.4 is 5.32 Å². The fraction of sp³-hybridized carbons (Fsp3) is 0.778. The van der Waals surface area contributed by atoms with Gasteiger partial charge in [0.15, 0.2) is 0 Å². The van der Waals surface area contributed by atoms with Crippen LogP contribution in [0.25, 0.3) is 0 Å². The first-order valence-electron chi connectivity index (χ1n) is 9.78. The normalized spacial score (nSPS) is 21.8. The lowest BCUT2D eigenvalue weighted by Crippen LogP contribution is -2.51. The number of imide groups is 1. The van der Waals surface area contributed by atoms with Crippen LogP contribution in [0.3, 0.4) is 0 Å². The molecule has 9 heteroatoms. The molecular formula is C18H28N4O5. The van der Waals surface area contributed by atoms with Gasteiger partial charge in [-0.1, -0.05) is 26.2 Å². The molecule has 5 amide bonds. The molecule has 1 spiro atoms. The number of likely N-dealkylation sites (tertiary alicyclic amines) is 1. The van der Waals surface area contributed by atoms with E-state index in [0.29, 0.717) is 32.5 Å². The van der Waals surface area contributed by atoms with Crippen LogP contribution in [0.15, 0.2) is 0 Å². The van der Waals surface area contributed by atoms with Gasteiger partial charge >= 0.3 is 12.1 Å². The monoisotopic (exact) mass is 380 g/mol. The maximum Gasteiger partial charge on any atom is 0.410 e. The zero-order valence-electron chi connectivity index (χ0n) is 15.9. The summed E-state index contributed by atoms with van der Waals surface area (Å²) in [6.45, 7) is 4.07. The number of carbonyl (C=O) groups excluding carboxylic acids is 4. The lowest BCUT2D eigenvalue weighted by Gasteiger charge is -2.37. The minimum atomic E-state index is -0.523. The zero-order chi connectivity index (χ0) is 19.4. The second-order valence-electron chi connectivity index (χ2n) is 7.55. The Labute approximate surface area is 159 Å². The number of ether oxygens (including phenoxy) is 1. The van der Waals surface area contributed by atoms with E-state index in [-0.39, 0.29) is 31.0 Å². The molecular weight excluding hydrogens is 352 g/mol. The topological polar surface area (TPSA) is 99.3 Å². The van der Waals surface area contributed by atoms with Crippen molar-refractivity contribution >= 4 is 23.9 Å². The number of unbranched alkanes of at least 4 members (excludes halogenated alkanes) is 3. The number of urea groups is 1. The van der Waals surface area contributed by atoms with Gasteiger partial charge in [-0.2, -0.15) is 0 Å². The number of nitrogens with one attached hydrogen (secondary N) is 1. The number of hydrogen-bond acceptors (Lipinski definition) is 5. The average Bonchev–Trinajstić information content (AvgIpc) is 3.12. The van der Waals surface area contributed by atoms with Crippen molar-refractivity contribution in [3.63, 3.8) is 0 Å². The molecule has 3 aliphatic heterocycles. The Morgan fingerprint density at radius 2 is 1.89 bits per heavy atom. The summed E-state index contributed by atoms with van der Waals surface area (Å²) in [7, 11) is 0. The second kappa shape index (κ2) is 8.14. The van der Waals surface area contributed by atoms with Crippen molar-refractivity contribution in [2.45, 2.75) is 51.0 Å². The molecule has 3 rings (SSSR count). The van der Waals surface area contributed by atoms with Crippen molar-refractivity contribution < 1.29 is 23.9 Å². The van der Waals surface area contributed by atoms with Gasteiger partial charge in [-0.15, -0.1) is 0 Å². The van der Waals surface area contributed by atoms with Crippen molar-refractivity contribution in [2.75, 3.05) is 39.3 Å². The Hall–Kier alpha value is -2.32. The van der Waals surface area contributed by atoms with Crippen LogP contribution in [0.5, 0.6) is 0 Å². The maximum absolute atomic E-state index is 12.4. The van der Waals surface area contributed by atoms with E-state index < -0.39 is 11.6 Å². The SMILES string of the molecule is CCCCCCN1CC2(CCN(C(=O)CN3C(=O)CNC3=O)CC2)OC1=O. The van der Waals surface area contributed by atoms with Crippen LogP contribution in [0.1, 0.15) is 45.4 Å². The largest absolute Gasteiger partial charge is 0.441 e. The number of carbonyl (C=O) groups is 4. The Bertz CT molecular complexity index is 599. The molecule has 0 atom stereocenters. The lowest BCUT2D eigenvalue weighted by molar-refractivity contribution is -0.139. The number of hydrogen-bond donors (Lipinski definition) is 1. The van der Waals surface area contributed by atoms with Crippen molar-refractivity contribution in [1.82, 2.24) is 20.0 Å². The van der Waals surface area contributed by atoms with E-state index in [1.165, 1.54) is 6.42 Å². The van der Waals surface area contributed by atoms with Gasteiger partial charge in [-0.3, -0.25) is 14.5 Å².